The molecule has 1 aliphatic heterocycles. The Kier molecular flexibility index (Phi) is 4.20. The summed E-state index contributed by atoms with van der Waals surface area (Å²) in [4.78, 5) is 0. The molecule has 1 fully saturated rings. The third-order valence-corrected chi connectivity index (χ3v) is 5.02. The summed E-state index contributed by atoms with van der Waals surface area (Å²) in [7, 11) is -2.84. The fraction of sp³-hybridized carbons (Fsp3) is 0.818. The van der Waals surface area contributed by atoms with E-state index in [1.54, 1.807) is 6.26 Å². The molecule has 0 saturated carbocycles. The topological polar surface area (TPSA) is 43.4 Å². The molecule has 0 aromatic carbocycles. The monoisotopic (exact) mass is 232 g/mol. The molecule has 1 rings (SSSR count). The van der Waals surface area contributed by atoms with Crippen LogP contribution in [0.5, 0.6) is 0 Å². The van der Waals surface area contributed by atoms with E-state index in [0.29, 0.717) is 12.4 Å². The van der Waals surface area contributed by atoms with Gasteiger partial charge in [0.15, 0.2) is 9.84 Å². The van der Waals surface area contributed by atoms with Crippen LogP contribution in [0.3, 0.4) is 0 Å². The van der Waals surface area contributed by atoms with Crippen molar-refractivity contribution in [2.45, 2.75) is 33.1 Å². The number of hydrogen-bond acceptors (Lipinski definition) is 3. The fourth-order valence-corrected chi connectivity index (χ4v) is 4.19. The van der Waals surface area contributed by atoms with Crippen molar-refractivity contribution in [3.8, 4) is 0 Å². The molecule has 88 valence electrons. The van der Waals surface area contributed by atoms with E-state index in [4.69, 9.17) is 4.74 Å². The molecule has 1 heterocycles. The Hall–Kier alpha value is -0.510. The molecule has 0 radical (unpaired) electrons. The molecule has 3 nitrogen and oxygen atoms in total. The molecular weight excluding hydrogens is 212 g/mol. The highest BCUT2D eigenvalue weighted by Crippen LogP contribution is 2.34. The maximum atomic E-state index is 11.6. The van der Waals surface area contributed by atoms with Crippen LogP contribution in [-0.2, 0) is 14.6 Å². The fourth-order valence-electron chi connectivity index (χ4n) is 2.09. The Balaban J connectivity index is 2.67. The van der Waals surface area contributed by atoms with E-state index in [-0.39, 0.29) is 11.2 Å². The van der Waals surface area contributed by atoms with E-state index in [1.165, 1.54) is 0 Å². The number of ether oxygens (including phenoxy) is 1. The van der Waals surface area contributed by atoms with Crippen molar-refractivity contribution >= 4 is 9.84 Å². The number of rotatable bonds is 4. The number of hydrogen-bond donors (Lipinski definition) is 0. The third kappa shape index (κ3) is 3.52. The van der Waals surface area contributed by atoms with Crippen molar-refractivity contribution in [1.29, 1.82) is 0 Å². The first-order valence-electron chi connectivity index (χ1n) is 5.47. The Bertz CT molecular complexity index is 319. The number of allylic oxidation sites excluding steroid dienone is 1. The van der Waals surface area contributed by atoms with Crippen LogP contribution >= 0.6 is 0 Å². The van der Waals surface area contributed by atoms with Gasteiger partial charge in [0.25, 0.3) is 0 Å². The van der Waals surface area contributed by atoms with Crippen molar-refractivity contribution in [3.63, 3.8) is 0 Å². The molecule has 15 heavy (non-hydrogen) atoms. The summed E-state index contributed by atoms with van der Waals surface area (Å²) in [6.45, 7) is 4.45. The van der Waals surface area contributed by atoms with Crippen LogP contribution in [0.2, 0.25) is 0 Å². The van der Waals surface area contributed by atoms with Gasteiger partial charge in [-0.25, -0.2) is 8.42 Å². The van der Waals surface area contributed by atoms with E-state index < -0.39 is 9.84 Å². The van der Waals surface area contributed by atoms with Crippen LogP contribution in [0.1, 0.15) is 33.1 Å². The standard InChI is InChI=1S/C11H20O3S/c1-3-7-14-9-11(4-2)6-5-8-15(12,13)10-11/h3,7H,4-6,8-10H2,1-2H3/b7-3+. The first-order chi connectivity index (χ1) is 7.04. The Morgan fingerprint density at radius 2 is 2.20 bits per heavy atom. The van der Waals surface area contributed by atoms with Gasteiger partial charge in [0, 0.05) is 5.41 Å². The van der Waals surface area contributed by atoms with Gasteiger partial charge in [0.2, 0.25) is 0 Å². The zero-order chi connectivity index (χ0) is 11.4. The van der Waals surface area contributed by atoms with Gasteiger partial charge in [0.1, 0.15) is 0 Å². The van der Waals surface area contributed by atoms with Crippen molar-refractivity contribution in [3.05, 3.63) is 12.3 Å². The first kappa shape index (κ1) is 12.6. The maximum Gasteiger partial charge on any atom is 0.150 e. The molecule has 0 aromatic heterocycles. The second-order valence-corrected chi connectivity index (χ2v) is 6.51. The largest absolute Gasteiger partial charge is 0.501 e. The summed E-state index contributed by atoms with van der Waals surface area (Å²) in [6.07, 6.45) is 6.05. The van der Waals surface area contributed by atoms with Crippen molar-refractivity contribution in [2.75, 3.05) is 18.1 Å². The molecule has 0 aromatic rings. The molecule has 4 heteroatoms. The Labute approximate surface area is 92.4 Å². The molecule has 1 atom stereocenters. The molecule has 0 bridgehead atoms. The molecule has 0 N–H and O–H groups in total. The first-order valence-corrected chi connectivity index (χ1v) is 7.29. The highest BCUT2D eigenvalue weighted by molar-refractivity contribution is 7.91. The molecular formula is C11H20O3S. The van der Waals surface area contributed by atoms with Gasteiger partial charge in [-0.1, -0.05) is 13.0 Å². The number of sulfone groups is 1. The minimum atomic E-state index is -2.84. The Morgan fingerprint density at radius 1 is 1.47 bits per heavy atom. The normalized spacial score (nSPS) is 30.5. The predicted octanol–water partition coefficient (Wildman–Crippen LogP) is 2.14. The molecule has 1 saturated heterocycles. The average molecular weight is 232 g/mol. The lowest BCUT2D eigenvalue weighted by atomic mass is 9.83. The van der Waals surface area contributed by atoms with Crippen LogP contribution in [-0.4, -0.2) is 26.5 Å². The second kappa shape index (κ2) is 5.01. The van der Waals surface area contributed by atoms with E-state index in [1.807, 2.05) is 19.9 Å². The molecule has 0 spiro atoms. The third-order valence-electron chi connectivity index (χ3n) is 3.06. The van der Waals surface area contributed by atoms with Crippen molar-refractivity contribution in [2.24, 2.45) is 5.41 Å². The van der Waals surface area contributed by atoms with Crippen LogP contribution < -0.4 is 0 Å². The minimum absolute atomic E-state index is 0.156. The lowest BCUT2D eigenvalue weighted by Gasteiger charge is -2.35. The summed E-state index contributed by atoms with van der Waals surface area (Å²) in [5, 5.41) is 0. The summed E-state index contributed by atoms with van der Waals surface area (Å²) in [5.41, 5.74) is -0.156. The van der Waals surface area contributed by atoms with E-state index in [0.717, 1.165) is 19.3 Å². The quantitative estimate of drug-likeness (QED) is 0.697. The van der Waals surface area contributed by atoms with Gasteiger partial charge in [-0.2, -0.15) is 0 Å². The van der Waals surface area contributed by atoms with Crippen LogP contribution in [0.15, 0.2) is 12.3 Å². The average Bonchev–Trinajstić information content (AvgIpc) is 2.17. The highest BCUT2D eigenvalue weighted by Gasteiger charge is 2.37. The van der Waals surface area contributed by atoms with Gasteiger partial charge in [-0.15, -0.1) is 0 Å². The smallest absolute Gasteiger partial charge is 0.150 e. The maximum absolute atomic E-state index is 11.6. The predicted molar refractivity (Wildman–Crippen MR) is 61.4 cm³/mol. The van der Waals surface area contributed by atoms with Gasteiger partial charge in [0.05, 0.1) is 24.4 Å². The van der Waals surface area contributed by atoms with E-state index in [2.05, 4.69) is 0 Å². The van der Waals surface area contributed by atoms with Gasteiger partial charge in [-0.3, -0.25) is 0 Å². The van der Waals surface area contributed by atoms with Gasteiger partial charge >= 0.3 is 0 Å². The minimum Gasteiger partial charge on any atom is -0.501 e. The van der Waals surface area contributed by atoms with Crippen LogP contribution in [0.25, 0.3) is 0 Å². The van der Waals surface area contributed by atoms with E-state index >= 15 is 0 Å². The molecule has 1 unspecified atom stereocenters. The summed E-state index contributed by atoms with van der Waals surface area (Å²) >= 11 is 0. The second-order valence-electron chi connectivity index (χ2n) is 4.33. The van der Waals surface area contributed by atoms with Crippen molar-refractivity contribution in [1.82, 2.24) is 0 Å². The lowest BCUT2D eigenvalue weighted by Crippen LogP contribution is -2.39. The zero-order valence-corrected chi connectivity index (χ0v) is 10.3. The Morgan fingerprint density at radius 3 is 2.73 bits per heavy atom. The van der Waals surface area contributed by atoms with Crippen LogP contribution in [0.4, 0.5) is 0 Å². The summed E-state index contributed by atoms with van der Waals surface area (Å²) < 4.78 is 28.5. The molecule has 1 aliphatic rings. The van der Waals surface area contributed by atoms with Crippen molar-refractivity contribution < 1.29 is 13.2 Å². The summed E-state index contributed by atoms with van der Waals surface area (Å²) in [6, 6.07) is 0. The van der Waals surface area contributed by atoms with Gasteiger partial charge < -0.3 is 4.74 Å². The SMILES string of the molecule is C/C=C/OCC1(CC)CCCS(=O)(=O)C1. The lowest BCUT2D eigenvalue weighted by molar-refractivity contribution is 0.108. The van der Waals surface area contributed by atoms with Gasteiger partial charge in [-0.05, 0) is 26.2 Å². The highest BCUT2D eigenvalue weighted by atomic mass is 32.2. The molecule has 0 amide bonds. The van der Waals surface area contributed by atoms with E-state index in [9.17, 15) is 8.42 Å². The van der Waals surface area contributed by atoms with Crippen LogP contribution in [0, 0.1) is 5.41 Å². The molecule has 0 aliphatic carbocycles. The summed E-state index contributed by atoms with van der Waals surface area (Å²) in [5.74, 6) is 0.631. The zero-order valence-electron chi connectivity index (χ0n) is 9.53.